The molecule has 0 saturated heterocycles. The van der Waals surface area contributed by atoms with Crippen LogP contribution in [0.15, 0.2) is 18.2 Å². The number of alkyl halides is 3. The fourth-order valence-electron chi connectivity index (χ4n) is 0.905. The van der Waals surface area contributed by atoms with Gasteiger partial charge in [0.05, 0.1) is 0 Å². The Kier molecular flexibility index (Phi) is 3.83. The summed E-state index contributed by atoms with van der Waals surface area (Å²) in [4.78, 5) is 19.0. The molecule has 1 amide bonds. The van der Waals surface area contributed by atoms with Gasteiger partial charge in [0.25, 0.3) is 5.91 Å². The van der Waals surface area contributed by atoms with E-state index in [1.807, 2.05) is 0 Å². The number of aryl methyl sites for hydroxylation is 1. The Morgan fingerprint density at radius 3 is 2.75 bits per heavy atom. The number of pyridine rings is 1. The monoisotopic (exact) mass is 234 g/mol. The van der Waals surface area contributed by atoms with E-state index in [4.69, 9.17) is 0 Å². The quantitative estimate of drug-likeness (QED) is 0.808. The van der Waals surface area contributed by atoms with Gasteiger partial charge in [0.15, 0.2) is 6.61 Å². The highest BCUT2D eigenvalue weighted by molar-refractivity contribution is 5.91. The van der Waals surface area contributed by atoms with Gasteiger partial charge in [-0.25, -0.2) is 10.5 Å². The molecule has 0 fully saturated rings. The summed E-state index contributed by atoms with van der Waals surface area (Å²) in [7, 11) is 0. The molecule has 1 aromatic rings. The van der Waals surface area contributed by atoms with Gasteiger partial charge in [0.2, 0.25) is 0 Å². The molecule has 0 saturated carbocycles. The van der Waals surface area contributed by atoms with Crippen molar-refractivity contribution in [3.8, 4) is 0 Å². The maximum absolute atomic E-state index is 11.7. The summed E-state index contributed by atoms with van der Waals surface area (Å²) in [6.07, 6.45) is -4.48. The Balaban J connectivity index is 2.47. The number of carbonyl (C=O) groups is 1. The summed E-state index contributed by atoms with van der Waals surface area (Å²) in [6.45, 7) is 0.123. The number of hydroxylamine groups is 1. The molecular weight excluding hydrogens is 225 g/mol. The molecular formula is C9H9F3N2O2. The van der Waals surface area contributed by atoms with Crippen LogP contribution in [-0.2, 0) is 4.84 Å². The van der Waals surface area contributed by atoms with Crippen LogP contribution >= 0.6 is 0 Å². The lowest BCUT2D eigenvalue weighted by Gasteiger charge is -2.07. The molecule has 1 rings (SSSR count). The van der Waals surface area contributed by atoms with Gasteiger partial charge in [-0.3, -0.25) is 9.63 Å². The van der Waals surface area contributed by atoms with E-state index < -0.39 is 18.7 Å². The van der Waals surface area contributed by atoms with Crippen LogP contribution < -0.4 is 5.48 Å². The highest BCUT2D eigenvalue weighted by Gasteiger charge is 2.28. The van der Waals surface area contributed by atoms with Gasteiger partial charge >= 0.3 is 6.18 Å². The number of carbonyl (C=O) groups excluding carboxylic acids is 1. The smallest absolute Gasteiger partial charge is 0.265 e. The second-order valence-electron chi connectivity index (χ2n) is 3.00. The molecule has 88 valence electrons. The molecule has 1 heterocycles. The van der Waals surface area contributed by atoms with Gasteiger partial charge in [-0.05, 0) is 19.1 Å². The minimum Gasteiger partial charge on any atom is -0.265 e. The van der Waals surface area contributed by atoms with Crippen molar-refractivity contribution in [2.45, 2.75) is 13.1 Å². The van der Waals surface area contributed by atoms with Crippen LogP contribution in [0, 0.1) is 6.92 Å². The number of amides is 1. The number of rotatable bonds is 3. The van der Waals surface area contributed by atoms with E-state index in [1.165, 1.54) is 6.07 Å². The van der Waals surface area contributed by atoms with Crippen LogP contribution in [0.1, 0.15) is 16.2 Å². The SMILES string of the molecule is Cc1cccc(C(=O)NOCC(F)(F)F)n1. The van der Waals surface area contributed by atoms with E-state index in [9.17, 15) is 18.0 Å². The Labute approximate surface area is 89.4 Å². The predicted molar refractivity (Wildman–Crippen MR) is 48.4 cm³/mol. The standard InChI is InChI=1S/C9H9F3N2O2/c1-6-3-2-4-7(13-6)8(15)14-16-5-9(10,11)12/h2-4H,5H2,1H3,(H,14,15). The second-order valence-corrected chi connectivity index (χ2v) is 3.00. The highest BCUT2D eigenvalue weighted by atomic mass is 19.4. The lowest BCUT2D eigenvalue weighted by molar-refractivity contribution is -0.184. The van der Waals surface area contributed by atoms with Gasteiger partial charge in [-0.1, -0.05) is 6.07 Å². The molecule has 4 nitrogen and oxygen atoms in total. The first-order valence-corrected chi connectivity index (χ1v) is 4.31. The number of aromatic nitrogens is 1. The van der Waals surface area contributed by atoms with Crippen LogP contribution in [0.25, 0.3) is 0 Å². The molecule has 16 heavy (non-hydrogen) atoms. The molecule has 0 aliphatic heterocycles. The van der Waals surface area contributed by atoms with Crippen molar-refractivity contribution in [2.24, 2.45) is 0 Å². The zero-order valence-corrected chi connectivity index (χ0v) is 8.34. The van der Waals surface area contributed by atoms with Gasteiger partial charge in [0.1, 0.15) is 5.69 Å². The summed E-state index contributed by atoms with van der Waals surface area (Å²) < 4.78 is 35.0. The Hall–Kier alpha value is -1.63. The van der Waals surface area contributed by atoms with E-state index in [1.54, 1.807) is 24.5 Å². The van der Waals surface area contributed by atoms with Crippen molar-refractivity contribution in [1.29, 1.82) is 0 Å². The lowest BCUT2D eigenvalue weighted by atomic mass is 10.3. The fraction of sp³-hybridized carbons (Fsp3) is 0.333. The zero-order valence-electron chi connectivity index (χ0n) is 8.34. The predicted octanol–water partition coefficient (Wildman–Crippen LogP) is 1.61. The highest BCUT2D eigenvalue weighted by Crippen LogP contribution is 2.13. The summed E-state index contributed by atoms with van der Waals surface area (Å²) in [5.74, 6) is -0.812. The molecule has 1 aromatic heterocycles. The molecule has 1 N–H and O–H groups in total. The minimum absolute atomic E-state index is 0.00201. The Morgan fingerprint density at radius 2 is 2.19 bits per heavy atom. The minimum atomic E-state index is -4.48. The number of nitrogens with zero attached hydrogens (tertiary/aromatic N) is 1. The van der Waals surface area contributed by atoms with Crippen LogP contribution in [-0.4, -0.2) is 23.7 Å². The van der Waals surface area contributed by atoms with Gasteiger partial charge in [0, 0.05) is 5.69 Å². The number of hydrogen-bond acceptors (Lipinski definition) is 3. The van der Waals surface area contributed by atoms with Crippen molar-refractivity contribution in [2.75, 3.05) is 6.61 Å². The van der Waals surface area contributed by atoms with Gasteiger partial charge < -0.3 is 0 Å². The van der Waals surface area contributed by atoms with Gasteiger partial charge in [-0.2, -0.15) is 13.2 Å². The second kappa shape index (κ2) is 4.93. The van der Waals surface area contributed by atoms with E-state index in [0.29, 0.717) is 5.69 Å². The summed E-state index contributed by atoms with van der Waals surface area (Å²) in [6, 6.07) is 4.60. The van der Waals surface area contributed by atoms with Crippen molar-refractivity contribution >= 4 is 5.91 Å². The number of nitrogens with one attached hydrogen (secondary N) is 1. The van der Waals surface area contributed by atoms with Crippen LogP contribution in [0.5, 0.6) is 0 Å². The van der Waals surface area contributed by atoms with Crippen molar-refractivity contribution in [3.63, 3.8) is 0 Å². The van der Waals surface area contributed by atoms with Crippen molar-refractivity contribution in [1.82, 2.24) is 10.5 Å². The molecule has 0 aliphatic rings. The Bertz CT molecular complexity index is 379. The van der Waals surface area contributed by atoms with Crippen molar-refractivity contribution < 1.29 is 22.8 Å². The molecule has 0 spiro atoms. The summed E-state index contributed by atoms with van der Waals surface area (Å²) >= 11 is 0. The van der Waals surface area contributed by atoms with E-state index in [-0.39, 0.29) is 5.69 Å². The third-order valence-electron chi connectivity index (χ3n) is 1.52. The number of halogens is 3. The maximum Gasteiger partial charge on any atom is 0.414 e. The summed E-state index contributed by atoms with van der Waals surface area (Å²) in [5.41, 5.74) is 2.25. The largest absolute Gasteiger partial charge is 0.414 e. The topological polar surface area (TPSA) is 51.2 Å². The molecule has 0 unspecified atom stereocenters. The average Bonchev–Trinajstić information content (AvgIpc) is 2.15. The first-order valence-electron chi connectivity index (χ1n) is 4.31. The third kappa shape index (κ3) is 4.26. The van der Waals surface area contributed by atoms with Gasteiger partial charge in [-0.15, -0.1) is 0 Å². The Morgan fingerprint density at radius 1 is 1.50 bits per heavy atom. The van der Waals surface area contributed by atoms with Crippen molar-refractivity contribution in [3.05, 3.63) is 29.6 Å². The molecule has 7 heteroatoms. The zero-order chi connectivity index (χ0) is 12.2. The third-order valence-corrected chi connectivity index (χ3v) is 1.52. The molecule has 0 atom stereocenters. The summed E-state index contributed by atoms with van der Waals surface area (Å²) in [5, 5.41) is 0. The van der Waals surface area contributed by atoms with E-state index >= 15 is 0 Å². The molecule has 0 bridgehead atoms. The average molecular weight is 234 g/mol. The molecule has 0 aromatic carbocycles. The normalized spacial score (nSPS) is 11.2. The molecule has 0 aliphatic carbocycles. The lowest BCUT2D eigenvalue weighted by Crippen LogP contribution is -2.30. The number of hydrogen-bond donors (Lipinski definition) is 1. The first kappa shape index (κ1) is 12.4. The van der Waals surface area contributed by atoms with Crippen LogP contribution in [0.4, 0.5) is 13.2 Å². The fourth-order valence-corrected chi connectivity index (χ4v) is 0.905. The first-order chi connectivity index (χ1) is 7.38. The molecule has 0 radical (unpaired) electrons. The maximum atomic E-state index is 11.7. The van der Waals surface area contributed by atoms with Crippen LogP contribution in [0.3, 0.4) is 0 Å². The van der Waals surface area contributed by atoms with E-state index in [2.05, 4.69) is 9.82 Å². The van der Waals surface area contributed by atoms with E-state index in [0.717, 1.165) is 0 Å². The van der Waals surface area contributed by atoms with Crippen LogP contribution in [0.2, 0.25) is 0 Å².